The van der Waals surface area contributed by atoms with Gasteiger partial charge in [0.25, 0.3) is 11.8 Å². The number of amides is 2. The van der Waals surface area contributed by atoms with Crippen molar-refractivity contribution >= 4 is 17.5 Å². The van der Waals surface area contributed by atoms with Crippen LogP contribution in [0.1, 0.15) is 35.2 Å². The number of aryl methyl sites for hydroxylation is 1. The third kappa shape index (κ3) is 2.54. The summed E-state index contributed by atoms with van der Waals surface area (Å²) in [5.41, 5.74) is 5.25. The van der Waals surface area contributed by atoms with Crippen LogP contribution in [0.25, 0.3) is 0 Å². The third-order valence-electron chi connectivity index (χ3n) is 4.79. The standard InChI is InChI=1S/C20H18N2O2/c1-12-5-7-13(8-6-12)19(23)21-14-9-10-16-15-3-2-4-17(15)20(24)22-18(16)11-14/h5-11,16H,2-4H2,1H3,(H,22,24). The van der Waals surface area contributed by atoms with Crippen molar-refractivity contribution < 1.29 is 9.59 Å². The molecule has 1 unspecified atom stereocenters. The van der Waals surface area contributed by atoms with Crippen LogP contribution in [0.4, 0.5) is 0 Å². The molecule has 0 fully saturated rings. The van der Waals surface area contributed by atoms with Crippen LogP contribution in [0.5, 0.6) is 0 Å². The van der Waals surface area contributed by atoms with Crippen LogP contribution in [-0.4, -0.2) is 17.5 Å². The van der Waals surface area contributed by atoms with Gasteiger partial charge in [0.1, 0.15) is 0 Å². The molecule has 4 rings (SSSR count). The summed E-state index contributed by atoms with van der Waals surface area (Å²) in [6.07, 6.45) is 8.62. The number of carbonyl (C=O) groups is 2. The number of fused-ring (bicyclic) bond motifs is 2. The molecule has 1 aliphatic heterocycles. The molecule has 4 heteroatoms. The van der Waals surface area contributed by atoms with Gasteiger partial charge >= 0.3 is 0 Å². The molecule has 24 heavy (non-hydrogen) atoms. The predicted octanol–water partition coefficient (Wildman–Crippen LogP) is 3.26. The average molecular weight is 318 g/mol. The fourth-order valence-corrected chi connectivity index (χ4v) is 3.54. The summed E-state index contributed by atoms with van der Waals surface area (Å²) >= 11 is 0. The van der Waals surface area contributed by atoms with Crippen LogP contribution < -0.4 is 5.32 Å². The first-order valence-electron chi connectivity index (χ1n) is 8.24. The van der Waals surface area contributed by atoms with Gasteiger partial charge in [0.05, 0.1) is 5.71 Å². The number of benzene rings is 1. The molecule has 0 aromatic heterocycles. The monoisotopic (exact) mass is 318 g/mol. The molecule has 2 amide bonds. The number of hydrogen-bond donors (Lipinski definition) is 1. The molecule has 0 spiro atoms. The number of aliphatic imine (C=N–C) groups is 1. The molecule has 0 bridgehead atoms. The van der Waals surface area contributed by atoms with Crippen molar-refractivity contribution in [3.63, 3.8) is 0 Å². The lowest BCUT2D eigenvalue weighted by Crippen LogP contribution is -2.35. The van der Waals surface area contributed by atoms with Crippen LogP contribution in [0.2, 0.25) is 0 Å². The van der Waals surface area contributed by atoms with Gasteiger partial charge in [-0.3, -0.25) is 9.59 Å². The van der Waals surface area contributed by atoms with Gasteiger partial charge in [0.2, 0.25) is 0 Å². The molecule has 1 aromatic carbocycles. The van der Waals surface area contributed by atoms with E-state index in [1.165, 1.54) is 5.57 Å². The van der Waals surface area contributed by atoms with Gasteiger partial charge in [-0.25, -0.2) is 4.99 Å². The van der Waals surface area contributed by atoms with E-state index in [4.69, 9.17) is 0 Å². The van der Waals surface area contributed by atoms with E-state index >= 15 is 0 Å². The SMILES string of the molecule is Cc1ccc(C(=O)N=C2C=CC3C(=C2)NC(=O)C2=C3CCC2)cc1. The molecule has 1 atom stereocenters. The normalized spacial score (nSPS) is 23.7. The number of nitrogens with zero attached hydrogens (tertiary/aromatic N) is 1. The van der Waals surface area contributed by atoms with E-state index in [9.17, 15) is 9.59 Å². The fourth-order valence-electron chi connectivity index (χ4n) is 3.54. The zero-order chi connectivity index (χ0) is 16.7. The van der Waals surface area contributed by atoms with Crippen LogP contribution in [0, 0.1) is 12.8 Å². The van der Waals surface area contributed by atoms with Crippen LogP contribution in [0.3, 0.4) is 0 Å². The van der Waals surface area contributed by atoms with E-state index in [2.05, 4.69) is 10.3 Å². The maximum atomic E-state index is 12.3. The van der Waals surface area contributed by atoms with E-state index in [-0.39, 0.29) is 17.7 Å². The number of carbonyl (C=O) groups excluding carboxylic acids is 2. The third-order valence-corrected chi connectivity index (χ3v) is 4.79. The number of hydrogen-bond acceptors (Lipinski definition) is 2. The molecule has 0 radical (unpaired) electrons. The molecule has 4 nitrogen and oxygen atoms in total. The molecule has 0 saturated carbocycles. The van der Waals surface area contributed by atoms with Crippen molar-refractivity contribution in [2.24, 2.45) is 10.9 Å². The summed E-state index contributed by atoms with van der Waals surface area (Å²) in [5.74, 6) is -0.133. The first-order valence-corrected chi connectivity index (χ1v) is 8.24. The van der Waals surface area contributed by atoms with Gasteiger partial charge < -0.3 is 5.32 Å². The smallest absolute Gasteiger partial charge is 0.277 e. The maximum Gasteiger partial charge on any atom is 0.277 e. The minimum Gasteiger partial charge on any atom is -0.325 e. The van der Waals surface area contributed by atoms with Crippen molar-refractivity contribution in [1.29, 1.82) is 0 Å². The Hall–Kier alpha value is -2.75. The lowest BCUT2D eigenvalue weighted by molar-refractivity contribution is -0.117. The Morgan fingerprint density at radius 1 is 1.21 bits per heavy atom. The largest absolute Gasteiger partial charge is 0.325 e. The molecule has 1 aromatic rings. The van der Waals surface area contributed by atoms with Crippen molar-refractivity contribution in [2.75, 3.05) is 0 Å². The topological polar surface area (TPSA) is 58.5 Å². The first-order chi connectivity index (χ1) is 11.6. The number of rotatable bonds is 1. The van der Waals surface area contributed by atoms with Crippen LogP contribution >= 0.6 is 0 Å². The van der Waals surface area contributed by atoms with Gasteiger partial charge in [-0.05, 0) is 56.0 Å². The maximum absolute atomic E-state index is 12.3. The molecule has 3 aliphatic rings. The second-order valence-electron chi connectivity index (χ2n) is 6.46. The summed E-state index contributed by atoms with van der Waals surface area (Å²) in [5, 5.41) is 2.96. The Morgan fingerprint density at radius 3 is 2.79 bits per heavy atom. The number of nitrogens with one attached hydrogen (secondary N) is 1. The summed E-state index contributed by atoms with van der Waals surface area (Å²) in [7, 11) is 0. The Morgan fingerprint density at radius 2 is 2.00 bits per heavy atom. The lowest BCUT2D eigenvalue weighted by atomic mass is 9.85. The molecule has 2 aliphatic carbocycles. The Bertz CT molecular complexity index is 854. The summed E-state index contributed by atoms with van der Waals surface area (Å²) in [4.78, 5) is 28.6. The first kappa shape index (κ1) is 14.8. The molecule has 1 N–H and O–H groups in total. The van der Waals surface area contributed by atoms with Crippen molar-refractivity contribution in [3.05, 3.63) is 70.5 Å². The van der Waals surface area contributed by atoms with Gasteiger partial charge in [-0.2, -0.15) is 0 Å². The fraction of sp³-hybridized carbons (Fsp3) is 0.250. The minimum atomic E-state index is -0.271. The van der Waals surface area contributed by atoms with Gasteiger partial charge in [-0.15, -0.1) is 0 Å². The average Bonchev–Trinajstić information content (AvgIpc) is 3.06. The quantitative estimate of drug-likeness (QED) is 0.864. The Balaban J connectivity index is 1.61. The lowest BCUT2D eigenvalue weighted by Gasteiger charge is -2.28. The van der Waals surface area contributed by atoms with Crippen molar-refractivity contribution in [1.82, 2.24) is 5.32 Å². The zero-order valence-corrected chi connectivity index (χ0v) is 13.5. The minimum absolute atomic E-state index is 0.00418. The predicted molar refractivity (Wildman–Crippen MR) is 92.7 cm³/mol. The van der Waals surface area contributed by atoms with Crippen LogP contribution in [-0.2, 0) is 4.79 Å². The van der Waals surface area contributed by atoms with E-state index < -0.39 is 0 Å². The molecule has 1 heterocycles. The van der Waals surface area contributed by atoms with Gasteiger partial charge in [0, 0.05) is 22.8 Å². The van der Waals surface area contributed by atoms with E-state index in [0.717, 1.165) is 36.1 Å². The summed E-state index contributed by atoms with van der Waals surface area (Å²) in [6, 6.07) is 7.35. The van der Waals surface area contributed by atoms with Gasteiger partial charge in [0.15, 0.2) is 0 Å². The van der Waals surface area contributed by atoms with Crippen LogP contribution in [0.15, 0.2) is 64.3 Å². The summed E-state index contributed by atoms with van der Waals surface area (Å²) in [6.45, 7) is 1.98. The van der Waals surface area contributed by atoms with Crippen molar-refractivity contribution in [2.45, 2.75) is 26.2 Å². The number of allylic oxidation sites excluding steroid dienone is 3. The second-order valence-corrected chi connectivity index (χ2v) is 6.46. The van der Waals surface area contributed by atoms with E-state index in [1.807, 2.05) is 37.3 Å². The Labute approximate surface area is 140 Å². The summed E-state index contributed by atoms with van der Waals surface area (Å²) < 4.78 is 0. The van der Waals surface area contributed by atoms with Gasteiger partial charge in [-0.1, -0.05) is 23.8 Å². The molecule has 120 valence electrons. The highest BCUT2D eigenvalue weighted by Gasteiger charge is 2.34. The highest BCUT2D eigenvalue weighted by atomic mass is 16.2. The Kier molecular flexibility index (Phi) is 3.53. The van der Waals surface area contributed by atoms with Crippen molar-refractivity contribution in [3.8, 4) is 0 Å². The highest BCUT2D eigenvalue weighted by molar-refractivity contribution is 6.14. The van der Waals surface area contributed by atoms with E-state index in [1.54, 1.807) is 12.1 Å². The molecule has 0 saturated heterocycles. The van der Waals surface area contributed by atoms with E-state index in [0.29, 0.717) is 11.3 Å². The second kappa shape index (κ2) is 5.71. The highest BCUT2D eigenvalue weighted by Crippen LogP contribution is 2.39. The molecular weight excluding hydrogens is 300 g/mol. The zero-order valence-electron chi connectivity index (χ0n) is 13.5. The molecular formula is C20H18N2O2.